The van der Waals surface area contributed by atoms with E-state index in [4.69, 9.17) is 25.5 Å². The van der Waals surface area contributed by atoms with Gasteiger partial charge in [0.2, 0.25) is 5.89 Å². The van der Waals surface area contributed by atoms with Gasteiger partial charge in [-0.25, -0.2) is 9.67 Å². The van der Waals surface area contributed by atoms with Gasteiger partial charge in [-0.2, -0.15) is 5.10 Å². The molecule has 2 aromatic heterocycles. The summed E-state index contributed by atoms with van der Waals surface area (Å²) in [6.45, 7) is 1.41. The number of nitrogens with zero attached hydrogens (tertiary/aromatic N) is 3. The molecule has 0 unspecified atom stereocenters. The average Bonchev–Trinajstić information content (AvgIpc) is 3.11. The minimum absolute atomic E-state index is 0.182. The van der Waals surface area contributed by atoms with Crippen molar-refractivity contribution in [2.75, 3.05) is 13.2 Å². The number of aromatic nitrogens is 3. The van der Waals surface area contributed by atoms with Crippen molar-refractivity contribution in [2.24, 2.45) is 0 Å². The summed E-state index contributed by atoms with van der Waals surface area (Å²) in [6.07, 6.45) is 2.35. The van der Waals surface area contributed by atoms with Crippen molar-refractivity contribution in [3.05, 3.63) is 81.9 Å². The third kappa shape index (κ3) is 4.18. The first-order chi connectivity index (χ1) is 15.2. The zero-order chi connectivity index (χ0) is 21.2. The Morgan fingerprint density at radius 2 is 1.84 bits per heavy atom. The lowest BCUT2D eigenvalue weighted by Gasteiger charge is -2.10. The van der Waals surface area contributed by atoms with Gasteiger partial charge in [0.25, 0.3) is 5.56 Å². The number of halogens is 1. The number of benzene rings is 2. The molecule has 0 aliphatic carbocycles. The lowest BCUT2D eigenvalue weighted by atomic mass is 10.1. The van der Waals surface area contributed by atoms with E-state index < -0.39 is 0 Å². The molecule has 156 valence electrons. The summed E-state index contributed by atoms with van der Waals surface area (Å²) >= 11 is 6.04. The Morgan fingerprint density at radius 1 is 0.968 bits per heavy atom. The predicted molar refractivity (Wildman–Crippen MR) is 116 cm³/mol. The van der Waals surface area contributed by atoms with Crippen LogP contribution in [0.25, 0.3) is 22.7 Å². The highest BCUT2D eigenvalue weighted by atomic mass is 35.5. The molecular weight excluding hydrogens is 418 g/mol. The Bertz CT molecular complexity index is 1300. The van der Waals surface area contributed by atoms with Crippen molar-refractivity contribution in [3.8, 4) is 34.2 Å². The highest BCUT2D eigenvalue weighted by Crippen LogP contribution is 2.33. The van der Waals surface area contributed by atoms with Gasteiger partial charge in [0.05, 0.1) is 25.5 Å². The maximum atomic E-state index is 12.4. The summed E-state index contributed by atoms with van der Waals surface area (Å²) in [6, 6.07) is 16.1. The summed E-state index contributed by atoms with van der Waals surface area (Å²) in [5.74, 6) is 1.83. The van der Waals surface area contributed by atoms with Gasteiger partial charge in [0.1, 0.15) is 12.0 Å². The van der Waals surface area contributed by atoms with Crippen LogP contribution in [-0.2, 0) is 6.54 Å². The zero-order valence-electron chi connectivity index (χ0n) is 16.5. The molecular formula is C23H18ClN3O4. The fraction of sp³-hybridized carbons (Fsp3) is 0.174. The van der Waals surface area contributed by atoms with E-state index in [0.717, 1.165) is 17.5 Å². The third-order valence-corrected chi connectivity index (χ3v) is 5.08. The maximum absolute atomic E-state index is 12.4. The number of hydrogen-bond acceptors (Lipinski definition) is 6. The Labute approximate surface area is 182 Å². The van der Waals surface area contributed by atoms with Crippen molar-refractivity contribution >= 4 is 11.6 Å². The normalized spacial score (nSPS) is 13.1. The standard InChI is InChI=1S/C23H18ClN3O4/c24-17-4-1-3-16(11-17)23-25-18(14-31-23)13-27-22(28)8-6-19(26-27)15-5-7-20-21(12-15)30-10-2-9-29-20/h1,3-8,11-12,14H,2,9-10,13H2. The topological polar surface area (TPSA) is 79.4 Å². The Hall–Kier alpha value is -3.58. The van der Waals surface area contributed by atoms with E-state index in [-0.39, 0.29) is 12.1 Å². The maximum Gasteiger partial charge on any atom is 0.267 e. The smallest absolute Gasteiger partial charge is 0.267 e. The van der Waals surface area contributed by atoms with Gasteiger partial charge in [-0.05, 0) is 42.5 Å². The molecule has 8 heteroatoms. The summed E-state index contributed by atoms with van der Waals surface area (Å²) < 4.78 is 18.4. The summed E-state index contributed by atoms with van der Waals surface area (Å²) in [5.41, 5.74) is 2.59. The van der Waals surface area contributed by atoms with E-state index in [1.54, 1.807) is 18.2 Å². The molecule has 1 aliphatic rings. The molecule has 0 saturated carbocycles. The molecule has 31 heavy (non-hydrogen) atoms. The lowest BCUT2D eigenvalue weighted by molar-refractivity contribution is 0.297. The molecule has 0 spiro atoms. The van der Waals surface area contributed by atoms with E-state index in [0.29, 0.717) is 47.0 Å². The van der Waals surface area contributed by atoms with Crippen molar-refractivity contribution in [3.63, 3.8) is 0 Å². The molecule has 3 heterocycles. The molecule has 7 nitrogen and oxygen atoms in total. The largest absolute Gasteiger partial charge is 0.490 e. The van der Waals surface area contributed by atoms with Gasteiger partial charge in [-0.1, -0.05) is 17.7 Å². The van der Waals surface area contributed by atoms with Crippen LogP contribution in [0.1, 0.15) is 12.1 Å². The number of hydrogen-bond donors (Lipinski definition) is 0. The second-order valence-corrected chi connectivity index (χ2v) is 7.52. The fourth-order valence-corrected chi connectivity index (χ4v) is 3.52. The molecule has 4 aromatic rings. The fourth-order valence-electron chi connectivity index (χ4n) is 3.33. The van der Waals surface area contributed by atoms with Gasteiger partial charge in [-0.15, -0.1) is 0 Å². The molecule has 1 aliphatic heterocycles. The Kier molecular flexibility index (Phi) is 5.18. The molecule has 0 amide bonds. The van der Waals surface area contributed by atoms with E-state index in [2.05, 4.69) is 10.1 Å². The Balaban J connectivity index is 1.42. The molecule has 0 saturated heterocycles. The van der Waals surface area contributed by atoms with Crippen LogP contribution in [0.2, 0.25) is 5.02 Å². The highest BCUT2D eigenvalue weighted by molar-refractivity contribution is 6.30. The van der Waals surface area contributed by atoms with Crippen LogP contribution in [0.5, 0.6) is 11.5 Å². The minimum Gasteiger partial charge on any atom is -0.490 e. The third-order valence-electron chi connectivity index (χ3n) is 4.84. The zero-order valence-corrected chi connectivity index (χ0v) is 17.2. The van der Waals surface area contributed by atoms with Crippen LogP contribution >= 0.6 is 11.6 Å². The van der Waals surface area contributed by atoms with Gasteiger partial charge < -0.3 is 13.9 Å². The van der Waals surface area contributed by atoms with Crippen molar-refractivity contribution in [1.82, 2.24) is 14.8 Å². The molecule has 0 radical (unpaired) electrons. The van der Waals surface area contributed by atoms with E-state index in [9.17, 15) is 4.79 Å². The van der Waals surface area contributed by atoms with Crippen LogP contribution in [0, 0.1) is 0 Å². The van der Waals surface area contributed by atoms with E-state index in [1.807, 2.05) is 30.3 Å². The van der Waals surface area contributed by atoms with Gasteiger partial charge in [0.15, 0.2) is 11.5 Å². The molecule has 0 atom stereocenters. The van der Waals surface area contributed by atoms with Crippen LogP contribution < -0.4 is 15.0 Å². The highest BCUT2D eigenvalue weighted by Gasteiger charge is 2.14. The predicted octanol–water partition coefficient (Wildman–Crippen LogP) is 4.43. The van der Waals surface area contributed by atoms with Crippen LogP contribution in [0.4, 0.5) is 0 Å². The first-order valence-corrected chi connectivity index (χ1v) is 10.2. The average molecular weight is 436 g/mol. The van der Waals surface area contributed by atoms with Crippen LogP contribution in [-0.4, -0.2) is 28.0 Å². The number of fused-ring (bicyclic) bond motifs is 1. The van der Waals surface area contributed by atoms with E-state index >= 15 is 0 Å². The second kappa shape index (κ2) is 8.28. The Morgan fingerprint density at radius 3 is 2.71 bits per heavy atom. The van der Waals surface area contributed by atoms with Gasteiger partial charge in [0, 0.05) is 28.6 Å². The van der Waals surface area contributed by atoms with Crippen LogP contribution in [0.15, 0.2) is 70.1 Å². The molecule has 5 rings (SSSR count). The van der Waals surface area contributed by atoms with Gasteiger partial charge in [-0.3, -0.25) is 4.79 Å². The quantitative estimate of drug-likeness (QED) is 0.472. The number of rotatable bonds is 4. The lowest BCUT2D eigenvalue weighted by Crippen LogP contribution is -2.23. The first kappa shape index (κ1) is 19.4. The number of ether oxygens (including phenoxy) is 2. The van der Waals surface area contributed by atoms with Crippen molar-refractivity contribution in [1.29, 1.82) is 0 Å². The summed E-state index contributed by atoms with van der Waals surface area (Å²) in [7, 11) is 0. The van der Waals surface area contributed by atoms with Crippen LogP contribution in [0.3, 0.4) is 0 Å². The molecule has 0 bridgehead atoms. The van der Waals surface area contributed by atoms with Crippen molar-refractivity contribution in [2.45, 2.75) is 13.0 Å². The van der Waals surface area contributed by atoms with Gasteiger partial charge >= 0.3 is 0 Å². The monoisotopic (exact) mass is 435 g/mol. The second-order valence-electron chi connectivity index (χ2n) is 7.08. The van der Waals surface area contributed by atoms with E-state index in [1.165, 1.54) is 17.0 Å². The summed E-state index contributed by atoms with van der Waals surface area (Å²) in [5, 5.41) is 5.11. The SMILES string of the molecule is O=c1ccc(-c2ccc3c(c2)OCCCO3)nn1Cc1coc(-c2cccc(Cl)c2)n1. The van der Waals surface area contributed by atoms with Crippen molar-refractivity contribution < 1.29 is 13.9 Å². The first-order valence-electron chi connectivity index (χ1n) is 9.84. The molecule has 0 N–H and O–H groups in total. The molecule has 0 fully saturated rings. The number of oxazole rings is 1. The summed E-state index contributed by atoms with van der Waals surface area (Å²) in [4.78, 5) is 16.9. The minimum atomic E-state index is -0.231. The molecule has 2 aromatic carbocycles.